The topological polar surface area (TPSA) is 9.23 Å². The first-order valence-electron chi connectivity index (χ1n) is 5.32. The highest BCUT2D eigenvalue weighted by molar-refractivity contribution is 5.27. The number of ether oxygens (including phenoxy) is 1. The molecule has 0 aromatic carbocycles. The van der Waals surface area contributed by atoms with Crippen LogP contribution in [0.15, 0.2) is 23.2 Å². The third kappa shape index (κ3) is 3.33. The summed E-state index contributed by atoms with van der Waals surface area (Å²) >= 11 is 0. The Labute approximate surface area is 89.8 Å². The predicted octanol–water partition coefficient (Wildman–Crippen LogP) is 3.78. The van der Waals surface area contributed by atoms with Gasteiger partial charge in [-0.3, -0.25) is 0 Å². The molecule has 0 spiro atoms. The lowest BCUT2D eigenvalue weighted by molar-refractivity contribution is 0.133. The molecule has 86 valence electrons. The van der Waals surface area contributed by atoms with Crippen molar-refractivity contribution in [3.05, 3.63) is 23.2 Å². The van der Waals surface area contributed by atoms with Crippen LogP contribution in [0.5, 0.6) is 0 Å². The van der Waals surface area contributed by atoms with E-state index in [0.29, 0.717) is 30.3 Å². The lowest BCUT2D eigenvalue weighted by atomic mass is 9.97. The Morgan fingerprint density at radius 2 is 2.27 bits per heavy atom. The van der Waals surface area contributed by atoms with Gasteiger partial charge in [-0.25, -0.2) is 8.78 Å². The standard InChI is InChI=1S/C12H18F2O/c1-8(2)11(14)5-10-4-9(3)7-15-12(10)6-13/h5,8-9H,4,6-7H2,1-3H3/b11-5+. The normalized spacial score (nSPS) is 23.3. The van der Waals surface area contributed by atoms with Gasteiger partial charge in [-0.15, -0.1) is 0 Å². The molecule has 0 amide bonds. The maximum absolute atomic E-state index is 13.4. The van der Waals surface area contributed by atoms with E-state index in [1.165, 1.54) is 6.08 Å². The summed E-state index contributed by atoms with van der Waals surface area (Å²) < 4.78 is 31.2. The van der Waals surface area contributed by atoms with Crippen LogP contribution in [0.1, 0.15) is 27.2 Å². The van der Waals surface area contributed by atoms with Crippen molar-refractivity contribution in [2.75, 3.05) is 13.3 Å². The first-order chi connectivity index (χ1) is 7.04. The molecule has 1 nitrogen and oxygen atoms in total. The highest BCUT2D eigenvalue weighted by Crippen LogP contribution is 2.27. The molecule has 0 N–H and O–H groups in total. The Morgan fingerprint density at radius 3 is 2.80 bits per heavy atom. The minimum absolute atomic E-state index is 0.157. The minimum Gasteiger partial charge on any atom is -0.495 e. The molecule has 0 bridgehead atoms. The molecule has 0 saturated heterocycles. The van der Waals surface area contributed by atoms with Crippen molar-refractivity contribution in [1.82, 2.24) is 0 Å². The van der Waals surface area contributed by atoms with E-state index < -0.39 is 6.67 Å². The Morgan fingerprint density at radius 1 is 1.60 bits per heavy atom. The molecule has 0 radical (unpaired) electrons. The van der Waals surface area contributed by atoms with E-state index in [0.717, 1.165) is 0 Å². The molecule has 3 heteroatoms. The lowest BCUT2D eigenvalue weighted by Crippen LogP contribution is -2.15. The quantitative estimate of drug-likeness (QED) is 0.697. The zero-order valence-electron chi connectivity index (χ0n) is 9.52. The summed E-state index contributed by atoms with van der Waals surface area (Å²) in [5.41, 5.74) is 0.669. The van der Waals surface area contributed by atoms with Gasteiger partial charge in [0.15, 0.2) is 0 Å². The molecule has 0 saturated carbocycles. The smallest absolute Gasteiger partial charge is 0.147 e. The highest BCUT2D eigenvalue weighted by Gasteiger charge is 2.18. The summed E-state index contributed by atoms with van der Waals surface area (Å²) in [6.07, 6.45) is 2.12. The Kier molecular flexibility index (Phi) is 4.30. The molecule has 15 heavy (non-hydrogen) atoms. The first-order valence-corrected chi connectivity index (χ1v) is 5.32. The Hall–Kier alpha value is -0.860. The van der Waals surface area contributed by atoms with Crippen LogP contribution in [-0.4, -0.2) is 13.3 Å². The zero-order valence-corrected chi connectivity index (χ0v) is 9.52. The third-order valence-electron chi connectivity index (χ3n) is 2.45. The van der Waals surface area contributed by atoms with Crippen LogP contribution in [0, 0.1) is 11.8 Å². The summed E-state index contributed by atoms with van der Waals surface area (Å²) in [6.45, 7) is 5.43. The second kappa shape index (κ2) is 5.29. The summed E-state index contributed by atoms with van der Waals surface area (Å²) in [5, 5.41) is 0. The van der Waals surface area contributed by atoms with Crippen LogP contribution in [0.4, 0.5) is 8.78 Å². The van der Waals surface area contributed by atoms with Crippen LogP contribution in [0.3, 0.4) is 0 Å². The Bertz CT molecular complexity index is 279. The average molecular weight is 216 g/mol. The SMILES string of the molecule is CC1COC(CF)=C(/C=C(/F)C(C)C)C1. The molecule has 1 rings (SSSR count). The fourth-order valence-corrected chi connectivity index (χ4v) is 1.48. The molecule has 0 aromatic heterocycles. The number of allylic oxidation sites excluding steroid dienone is 4. The highest BCUT2D eigenvalue weighted by atomic mass is 19.1. The van der Waals surface area contributed by atoms with Crippen molar-refractivity contribution in [1.29, 1.82) is 0 Å². The molecule has 0 fully saturated rings. The molecular weight excluding hydrogens is 198 g/mol. The number of hydrogen-bond donors (Lipinski definition) is 0. The molecular formula is C12H18F2O. The van der Waals surface area contributed by atoms with Gasteiger partial charge in [-0.05, 0) is 24.0 Å². The van der Waals surface area contributed by atoms with Crippen LogP contribution in [0.25, 0.3) is 0 Å². The monoisotopic (exact) mass is 216 g/mol. The summed E-state index contributed by atoms with van der Waals surface area (Å²) in [7, 11) is 0. The van der Waals surface area contributed by atoms with E-state index in [2.05, 4.69) is 0 Å². The maximum atomic E-state index is 13.4. The average Bonchev–Trinajstić information content (AvgIpc) is 2.18. The fraction of sp³-hybridized carbons (Fsp3) is 0.667. The zero-order chi connectivity index (χ0) is 11.4. The van der Waals surface area contributed by atoms with Crippen molar-refractivity contribution >= 4 is 0 Å². The van der Waals surface area contributed by atoms with Gasteiger partial charge < -0.3 is 4.74 Å². The largest absolute Gasteiger partial charge is 0.495 e. The van der Waals surface area contributed by atoms with Crippen molar-refractivity contribution in [3.8, 4) is 0 Å². The van der Waals surface area contributed by atoms with Crippen LogP contribution >= 0.6 is 0 Å². The lowest BCUT2D eigenvalue weighted by Gasteiger charge is -2.23. The number of hydrogen-bond acceptors (Lipinski definition) is 1. The van der Waals surface area contributed by atoms with Gasteiger partial charge >= 0.3 is 0 Å². The molecule has 1 aliphatic rings. The number of halogens is 2. The van der Waals surface area contributed by atoms with E-state index in [-0.39, 0.29) is 11.7 Å². The fourth-order valence-electron chi connectivity index (χ4n) is 1.48. The summed E-state index contributed by atoms with van der Waals surface area (Å²) in [5.74, 6) is 0.250. The van der Waals surface area contributed by atoms with Gasteiger partial charge in [0.25, 0.3) is 0 Å². The molecule has 1 atom stereocenters. The number of alkyl halides is 1. The van der Waals surface area contributed by atoms with Gasteiger partial charge in [0.05, 0.1) is 6.61 Å². The van der Waals surface area contributed by atoms with E-state index in [9.17, 15) is 8.78 Å². The van der Waals surface area contributed by atoms with Crippen LogP contribution in [-0.2, 0) is 4.74 Å². The molecule has 0 aliphatic carbocycles. The first kappa shape index (κ1) is 12.2. The van der Waals surface area contributed by atoms with Crippen molar-refractivity contribution in [3.63, 3.8) is 0 Å². The molecule has 1 aliphatic heterocycles. The number of rotatable bonds is 3. The third-order valence-corrected chi connectivity index (χ3v) is 2.45. The van der Waals surface area contributed by atoms with E-state index in [1.54, 1.807) is 13.8 Å². The van der Waals surface area contributed by atoms with Gasteiger partial charge in [-0.2, -0.15) is 0 Å². The van der Waals surface area contributed by atoms with Gasteiger partial charge in [0.1, 0.15) is 18.3 Å². The van der Waals surface area contributed by atoms with Gasteiger partial charge in [0, 0.05) is 5.92 Å². The van der Waals surface area contributed by atoms with Gasteiger partial charge in [-0.1, -0.05) is 20.8 Å². The van der Waals surface area contributed by atoms with E-state index in [4.69, 9.17) is 4.74 Å². The van der Waals surface area contributed by atoms with E-state index in [1.807, 2.05) is 6.92 Å². The maximum Gasteiger partial charge on any atom is 0.147 e. The van der Waals surface area contributed by atoms with Gasteiger partial charge in [0.2, 0.25) is 0 Å². The van der Waals surface area contributed by atoms with Crippen molar-refractivity contribution < 1.29 is 13.5 Å². The second-order valence-electron chi connectivity index (χ2n) is 4.39. The second-order valence-corrected chi connectivity index (χ2v) is 4.39. The van der Waals surface area contributed by atoms with Crippen molar-refractivity contribution in [2.45, 2.75) is 27.2 Å². The van der Waals surface area contributed by atoms with Crippen LogP contribution < -0.4 is 0 Å². The van der Waals surface area contributed by atoms with Crippen LogP contribution in [0.2, 0.25) is 0 Å². The Balaban J connectivity index is 2.88. The van der Waals surface area contributed by atoms with E-state index >= 15 is 0 Å². The molecule has 1 heterocycles. The molecule has 1 unspecified atom stereocenters. The minimum atomic E-state index is -0.649. The van der Waals surface area contributed by atoms with Crippen molar-refractivity contribution in [2.24, 2.45) is 11.8 Å². The predicted molar refractivity (Wildman–Crippen MR) is 56.8 cm³/mol. The summed E-state index contributed by atoms with van der Waals surface area (Å²) in [4.78, 5) is 0. The summed E-state index contributed by atoms with van der Waals surface area (Å²) in [6, 6.07) is 0. The molecule has 0 aromatic rings.